The maximum atomic E-state index is 12.6. The number of amides is 1. The van der Waals surface area contributed by atoms with Gasteiger partial charge in [0.1, 0.15) is 5.82 Å². The summed E-state index contributed by atoms with van der Waals surface area (Å²) in [5.41, 5.74) is 2.78. The average molecular weight is 355 g/mol. The van der Waals surface area contributed by atoms with Crippen molar-refractivity contribution in [3.8, 4) is 0 Å². The zero-order valence-corrected chi connectivity index (χ0v) is 15.6. The van der Waals surface area contributed by atoms with E-state index in [0.29, 0.717) is 10.9 Å². The topological polar surface area (TPSA) is 63.4 Å². The van der Waals surface area contributed by atoms with Gasteiger partial charge in [0, 0.05) is 18.8 Å². The summed E-state index contributed by atoms with van der Waals surface area (Å²) >= 11 is 1.38. The molecule has 0 fully saturated rings. The highest BCUT2D eigenvalue weighted by molar-refractivity contribution is 7.99. The van der Waals surface area contributed by atoms with E-state index in [1.807, 2.05) is 68.6 Å². The van der Waals surface area contributed by atoms with Crippen molar-refractivity contribution in [2.45, 2.75) is 32.0 Å². The minimum atomic E-state index is 0.0236. The second kappa shape index (κ2) is 7.23. The van der Waals surface area contributed by atoms with Crippen molar-refractivity contribution in [3.05, 3.63) is 53.5 Å². The summed E-state index contributed by atoms with van der Waals surface area (Å²) in [5.74, 6) is 1.18. The van der Waals surface area contributed by atoms with Crippen molar-refractivity contribution in [2.24, 2.45) is 0 Å². The second-order valence-electron chi connectivity index (χ2n) is 6.00. The van der Waals surface area contributed by atoms with Crippen LogP contribution in [-0.2, 0) is 4.79 Å². The SMILES string of the molecule is Cc1cc2nnc(SCC(=O)N(C)C(C)c3ccccc3)n2c(C)n1. The van der Waals surface area contributed by atoms with Crippen LogP contribution in [0.4, 0.5) is 0 Å². The lowest BCUT2D eigenvalue weighted by atomic mass is 10.1. The summed E-state index contributed by atoms with van der Waals surface area (Å²) in [6.07, 6.45) is 0. The molecular formula is C18H21N5OS. The first-order valence-electron chi connectivity index (χ1n) is 8.10. The van der Waals surface area contributed by atoms with Crippen LogP contribution in [0.1, 0.15) is 30.0 Å². The lowest BCUT2D eigenvalue weighted by molar-refractivity contribution is -0.128. The fraction of sp³-hybridized carbons (Fsp3) is 0.333. The molecule has 6 nitrogen and oxygen atoms in total. The number of aromatic nitrogens is 4. The van der Waals surface area contributed by atoms with Gasteiger partial charge in [-0.2, -0.15) is 0 Å². The van der Waals surface area contributed by atoms with Crippen LogP contribution in [0.5, 0.6) is 0 Å². The standard InChI is InChI=1S/C18H21N5OS/c1-12-10-16-20-21-18(23(16)14(3)19-12)25-11-17(24)22(4)13(2)15-8-6-5-7-9-15/h5-10,13H,11H2,1-4H3. The van der Waals surface area contributed by atoms with Gasteiger partial charge in [-0.25, -0.2) is 4.98 Å². The first-order valence-corrected chi connectivity index (χ1v) is 9.08. The van der Waals surface area contributed by atoms with Crippen molar-refractivity contribution in [1.29, 1.82) is 0 Å². The van der Waals surface area contributed by atoms with Gasteiger partial charge in [0.15, 0.2) is 10.8 Å². The van der Waals surface area contributed by atoms with Crippen LogP contribution in [0, 0.1) is 13.8 Å². The van der Waals surface area contributed by atoms with E-state index in [0.717, 1.165) is 22.7 Å². The number of carbonyl (C=O) groups excluding carboxylic acids is 1. The molecule has 3 rings (SSSR count). The number of thioether (sulfide) groups is 1. The van der Waals surface area contributed by atoms with Gasteiger partial charge in [-0.1, -0.05) is 42.1 Å². The van der Waals surface area contributed by atoms with Crippen LogP contribution < -0.4 is 0 Å². The molecule has 0 spiro atoms. The Kier molecular flexibility index (Phi) is 5.03. The third-order valence-corrected chi connectivity index (χ3v) is 5.15. The highest BCUT2D eigenvalue weighted by atomic mass is 32.2. The fourth-order valence-corrected chi connectivity index (χ4v) is 3.61. The third kappa shape index (κ3) is 3.66. The average Bonchev–Trinajstić information content (AvgIpc) is 3.02. The van der Waals surface area contributed by atoms with E-state index in [1.54, 1.807) is 4.90 Å². The van der Waals surface area contributed by atoms with E-state index >= 15 is 0 Å². The Morgan fingerprint density at radius 3 is 2.68 bits per heavy atom. The molecule has 0 N–H and O–H groups in total. The highest BCUT2D eigenvalue weighted by Gasteiger charge is 2.19. The second-order valence-corrected chi connectivity index (χ2v) is 6.94. The van der Waals surface area contributed by atoms with Crippen molar-refractivity contribution < 1.29 is 4.79 Å². The van der Waals surface area contributed by atoms with E-state index in [1.165, 1.54) is 11.8 Å². The summed E-state index contributed by atoms with van der Waals surface area (Å²) in [7, 11) is 1.83. The molecule has 3 aromatic rings. The molecule has 0 saturated heterocycles. The molecule has 0 aliphatic rings. The van der Waals surface area contributed by atoms with Crippen LogP contribution in [0.25, 0.3) is 5.65 Å². The zero-order chi connectivity index (χ0) is 18.0. The molecule has 2 heterocycles. The first kappa shape index (κ1) is 17.4. The summed E-state index contributed by atoms with van der Waals surface area (Å²) in [6, 6.07) is 11.9. The number of rotatable bonds is 5. The Bertz CT molecular complexity index is 893. The smallest absolute Gasteiger partial charge is 0.233 e. The summed E-state index contributed by atoms with van der Waals surface area (Å²) in [6.45, 7) is 5.87. The largest absolute Gasteiger partial charge is 0.338 e. The molecule has 0 aliphatic carbocycles. The van der Waals surface area contributed by atoms with Crippen molar-refractivity contribution in [1.82, 2.24) is 24.5 Å². The van der Waals surface area contributed by atoms with Crippen LogP contribution in [0.15, 0.2) is 41.6 Å². The molecule has 0 radical (unpaired) electrons. The molecule has 7 heteroatoms. The van der Waals surface area contributed by atoms with Gasteiger partial charge >= 0.3 is 0 Å². The third-order valence-electron chi connectivity index (χ3n) is 4.24. The molecule has 0 saturated carbocycles. The summed E-state index contributed by atoms with van der Waals surface area (Å²) < 4.78 is 1.88. The van der Waals surface area contributed by atoms with Gasteiger partial charge < -0.3 is 4.90 Å². The Balaban J connectivity index is 1.70. The number of nitrogens with zero attached hydrogens (tertiary/aromatic N) is 5. The van der Waals surface area contributed by atoms with Crippen LogP contribution >= 0.6 is 11.8 Å². The predicted molar refractivity (Wildman–Crippen MR) is 98.6 cm³/mol. The molecule has 25 heavy (non-hydrogen) atoms. The zero-order valence-electron chi connectivity index (χ0n) is 14.8. The molecule has 1 amide bonds. The Hall–Kier alpha value is -2.41. The predicted octanol–water partition coefficient (Wildman–Crippen LogP) is 3.05. The van der Waals surface area contributed by atoms with E-state index in [-0.39, 0.29) is 11.9 Å². The first-order chi connectivity index (χ1) is 12.0. The van der Waals surface area contributed by atoms with Gasteiger partial charge in [0.05, 0.1) is 11.8 Å². The lowest BCUT2D eigenvalue weighted by Gasteiger charge is -2.25. The number of aryl methyl sites for hydroxylation is 2. The van der Waals surface area contributed by atoms with Gasteiger partial charge in [-0.05, 0) is 26.3 Å². The van der Waals surface area contributed by atoms with Crippen molar-refractivity contribution in [3.63, 3.8) is 0 Å². The normalized spacial score (nSPS) is 12.3. The quantitative estimate of drug-likeness (QED) is 0.658. The minimum Gasteiger partial charge on any atom is -0.338 e. The van der Waals surface area contributed by atoms with E-state index in [2.05, 4.69) is 15.2 Å². The van der Waals surface area contributed by atoms with Gasteiger partial charge in [0.25, 0.3) is 0 Å². The van der Waals surface area contributed by atoms with Gasteiger partial charge in [-0.3, -0.25) is 9.20 Å². The highest BCUT2D eigenvalue weighted by Crippen LogP contribution is 2.22. The maximum absolute atomic E-state index is 12.6. The van der Waals surface area contributed by atoms with Gasteiger partial charge in [0.2, 0.25) is 5.91 Å². The van der Waals surface area contributed by atoms with Crippen LogP contribution in [0.2, 0.25) is 0 Å². The Morgan fingerprint density at radius 1 is 1.24 bits per heavy atom. The molecule has 0 bridgehead atoms. The lowest BCUT2D eigenvalue weighted by Crippen LogP contribution is -2.31. The monoisotopic (exact) mass is 355 g/mol. The van der Waals surface area contributed by atoms with E-state index in [4.69, 9.17) is 0 Å². The molecule has 0 aliphatic heterocycles. The number of hydrogen-bond donors (Lipinski definition) is 0. The Morgan fingerprint density at radius 2 is 1.96 bits per heavy atom. The molecule has 1 aromatic carbocycles. The van der Waals surface area contributed by atoms with E-state index < -0.39 is 0 Å². The van der Waals surface area contributed by atoms with Crippen LogP contribution in [-0.4, -0.2) is 43.2 Å². The van der Waals surface area contributed by atoms with Crippen LogP contribution in [0.3, 0.4) is 0 Å². The van der Waals surface area contributed by atoms with Gasteiger partial charge in [-0.15, -0.1) is 10.2 Å². The molecule has 1 unspecified atom stereocenters. The number of benzene rings is 1. The molecular weight excluding hydrogens is 334 g/mol. The Labute approximate surface area is 151 Å². The summed E-state index contributed by atoms with van der Waals surface area (Å²) in [4.78, 5) is 18.8. The molecule has 2 aromatic heterocycles. The molecule has 1 atom stereocenters. The number of hydrogen-bond acceptors (Lipinski definition) is 5. The number of carbonyl (C=O) groups is 1. The minimum absolute atomic E-state index is 0.0236. The summed E-state index contributed by atoms with van der Waals surface area (Å²) in [5, 5.41) is 9.06. The molecule has 130 valence electrons. The fourth-order valence-electron chi connectivity index (χ4n) is 2.70. The van der Waals surface area contributed by atoms with E-state index in [9.17, 15) is 4.79 Å². The number of fused-ring (bicyclic) bond motifs is 1. The van der Waals surface area contributed by atoms with Crippen molar-refractivity contribution in [2.75, 3.05) is 12.8 Å². The maximum Gasteiger partial charge on any atom is 0.233 e. The van der Waals surface area contributed by atoms with Crippen molar-refractivity contribution >= 4 is 23.3 Å².